The molecule has 0 radical (unpaired) electrons. The number of nitrogens with zero attached hydrogens (tertiary/aromatic N) is 3. The fourth-order valence-corrected chi connectivity index (χ4v) is 4.38. The van der Waals surface area contributed by atoms with Crippen molar-refractivity contribution < 1.29 is 14.4 Å². The lowest BCUT2D eigenvalue weighted by molar-refractivity contribution is -0.125. The second-order valence-corrected chi connectivity index (χ2v) is 8.04. The average Bonchev–Trinajstić information content (AvgIpc) is 3.50. The number of amides is 3. The van der Waals surface area contributed by atoms with Gasteiger partial charge in [-0.05, 0) is 37.3 Å². The van der Waals surface area contributed by atoms with Crippen LogP contribution in [0, 0.1) is 0 Å². The predicted molar refractivity (Wildman–Crippen MR) is 116 cm³/mol. The van der Waals surface area contributed by atoms with E-state index in [0.29, 0.717) is 41.6 Å². The minimum Gasteiger partial charge on any atom is -0.326 e. The molecule has 0 aliphatic carbocycles. The normalized spacial score (nSPS) is 15.8. The molecule has 0 unspecified atom stereocenters. The van der Waals surface area contributed by atoms with Crippen LogP contribution in [0.1, 0.15) is 39.9 Å². The van der Waals surface area contributed by atoms with E-state index in [0.717, 1.165) is 0 Å². The van der Waals surface area contributed by atoms with Gasteiger partial charge in [-0.3, -0.25) is 30.0 Å². The maximum atomic E-state index is 12.8. The predicted octanol–water partition coefficient (Wildman–Crippen LogP) is 1.54. The molecule has 1 aliphatic heterocycles. The van der Waals surface area contributed by atoms with Gasteiger partial charge in [-0.2, -0.15) is 5.10 Å². The SMILES string of the molecule is CCn1nc(C(=O)NNC(=O)[C@H]2CCCN2C(=O)c2cccs2)c2ccccc2c1=O. The van der Waals surface area contributed by atoms with Crippen molar-refractivity contribution in [3.63, 3.8) is 0 Å². The zero-order valence-electron chi connectivity index (χ0n) is 16.8. The number of hydrogen-bond acceptors (Lipinski definition) is 6. The Morgan fingerprint density at radius 3 is 2.61 bits per heavy atom. The molecular weight excluding hydrogens is 418 g/mol. The summed E-state index contributed by atoms with van der Waals surface area (Å²) in [6, 6.07) is 9.54. The van der Waals surface area contributed by atoms with Gasteiger partial charge in [-0.25, -0.2) is 4.68 Å². The number of carbonyl (C=O) groups is 3. The third-order valence-corrected chi connectivity index (χ3v) is 6.09. The highest BCUT2D eigenvalue weighted by Crippen LogP contribution is 2.22. The maximum absolute atomic E-state index is 12.8. The number of carbonyl (C=O) groups excluding carboxylic acids is 3. The van der Waals surface area contributed by atoms with Gasteiger partial charge < -0.3 is 4.90 Å². The summed E-state index contributed by atoms with van der Waals surface area (Å²) in [6.45, 7) is 2.54. The van der Waals surface area contributed by atoms with Gasteiger partial charge in [0.25, 0.3) is 23.3 Å². The summed E-state index contributed by atoms with van der Waals surface area (Å²) in [6.07, 6.45) is 1.22. The van der Waals surface area contributed by atoms with Crippen LogP contribution in [0.25, 0.3) is 10.8 Å². The van der Waals surface area contributed by atoms with Crippen LogP contribution >= 0.6 is 11.3 Å². The molecule has 2 N–H and O–H groups in total. The van der Waals surface area contributed by atoms with E-state index < -0.39 is 17.9 Å². The highest BCUT2D eigenvalue weighted by Gasteiger charge is 2.35. The van der Waals surface area contributed by atoms with Crippen LogP contribution in [0.3, 0.4) is 0 Å². The van der Waals surface area contributed by atoms with Crippen molar-refractivity contribution >= 4 is 39.8 Å². The average molecular weight is 439 g/mol. The topological polar surface area (TPSA) is 113 Å². The van der Waals surface area contributed by atoms with Gasteiger partial charge in [0.05, 0.1) is 10.3 Å². The third-order valence-electron chi connectivity index (χ3n) is 5.23. The van der Waals surface area contributed by atoms with Gasteiger partial charge in [-0.15, -0.1) is 11.3 Å². The van der Waals surface area contributed by atoms with Gasteiger partial charge in [0, 0.05) is 18.5 Å². The molecule has 0 bridgehead atoms. The Labute approximate surface area is 181 Å². The number of nitrogens with one attached hydrogen (secondary N) is 2. The lowest BCUT2D eigenvalue weighted by Crippen LogP contribution is -2.51. The molecule has 3 aromatic rings. The minimum absolute atomic E-state index is 0.0373. The Morgan fingerprint density at radius 1 is 1.13 bits per heavy atom. The third kappa shape index (κ3) is 3.93. The minimum atomic E-state index is -0.663. The fourth-order valence-electron chi connectivity index (χ4n) is 3.70. The molecule has 0 spiro atoms. The Bertz CT molecular complexity index is 1200. The first kappa shape index (κ1) is 20.7. The Kier molecular flexibility index (Phi) is 5.81. The lowest BCUT2D eigenvalue weighted by atomic mass is 10.1. The smallest absolute Gasteiger partial charge is 0.290 e. The summed E-state index contributed by atoms with van der Waals surface area (Å²) in [4.78, 5) is 52.7. The zero-order chi connectivity index (χ0) is 22.0. The largest absolute Gasteiger partial charge is 0.326 e. The number of hydrogen-bond donors (Lipinski definition) is 2. The Morgan fingerprint density at radius 2 is 1.90 bits per heavy atom. The molecule has 1 fully saturated rings. The zero-order valence-corrected chi connectivity index (χ0v) is 17.6. The first-order chi connectivity index (χ1) is 15.0. The van der Waals surface area contributed by atoms with Crippen LogP contribution in [0.2, 0.25) is 0 Å². The van der Waals surface area contributed by atoms with E-state index in [1.54, 1.807) is 43.3 Å². The number of rotatable bonds is 4. The number of benzene rings is 1. The Hall–Kier alpha value is -3.53. The Balaban J connectivity index is 1.50. The number of aromatic nitrogens is 2. The van der Waals surface area contributed by atoms with E-state index in [4.69, 9.17) is 0 Å². The molecule has 1 aromatic carbocycles. The van der Waals surface area contributed by atoms with Gasteiger partial charge in [0.15, 0.2) is 5.69 Å². The van der Waals surface area contributed by atoms with Crippen LogP contribution < -0.4 is 16.4 Å². The summed E-state index contributed by atoms with van der Waals surface area (Å²) in [5, 5.41) is 6.74. The molecule has 1 saturated heterocycles. The first-order valence-electron chi connectivity index (χ1n) is 9.95. The molecule has 2 aromatic heterocycles. The second-order valence-electron chi connectivity index (χ2n) is 7.09. The van der Waals surface area contributed by atoms with E-state index in [1.807, 2.05) is 5.38 Å². The van der Waals surface area contributed by atoms with Crippen molar-refractivity contribution in [2.24, 2.45) is 0 Å². The molecule has 3 heterocycles. The number of likely N-dealkylation sites (tertiary alicyclic amines) is 1. The van der Waals surface area contributed by atoms with Gasteiger partial charge in [0.2, 0.25) is 0 Å². The monoisotopic (exact) mass is 439 g/mol. The molecule has 10 heteroatoms. The van der Waals surface area contributed by atoms with E-state index in [9.17, 15) is 19.2 Å². The molecule has 9 nitrogen and oxygen atoms in total. The lowest BCUT2D eigenvalue weighted by Gasteiger charge is -2.23. The van der Waals surface area contributed by atoms with Gasteiger partial charge in [-0.1, -0.05) is 24.3 Å². The molecule has 160 valence electrons. The molecule has 1 atom stereocenters. The van der Waals surface area contributed by atoms with Crippen LogP contribution in [0.4, 0.5) is 0 Å². The van der Waals surface area contributed by atoms with Gasteiger partial charge >= 0.3 is 0 Å². The summed E-state index contributed by atoms with van der Waals surface area (Å²) in [5.41, 5.74) is 4.55. The molecule has 3 amide bonds. The number of fused-ring (bicyclic) bond motifs is 1. The number of hydrazine groups is 1. The standard InChI is InChI=1S/C21H21N5O4S/c1-2-26-20(29)14-8-4-3-7-13(14)17(24-26)19(28)23-22-18(27)15-9-5-11-25(15)21(30)16-10-6-12-31-16/h3-4,6-8,10,12,15H,2,5,9,11H2,1H3,(H,22,27)(H,23,28)/t15-/m1/s1. The van der Waals surface area contributed by atoms with Crippen molar-refractivity contribution in [3.8, 4) is 0 Å². The van der Waals surface area contributed by atoms with Crippen molar-refractivity contribution in [1.29, 1.82) is 0 Å². The van der Waals surface area contributed by atoms with Gasteiger partial charge in [0.1, 0.15) is 6.04 Å². The summed E-state index contributed by atoms with van der Waals surface area (Å²) < 4.78 is 1.21. The van der Waals surface area contributed by atoms with Crippen molar-refractivity contribution in [2.75, 3.05) is 6.54 Å². The number of thiophene rings is 1. The highest BCUT2D eigenvalue weighted by atomic mass is 32.1. The fraction of sp³-hybridized carbons (Fsp3) is 0.286. The number of aryl methyl sites for hydroxylation is 1. The van der Waals surface area contributed by atoms with Crippen molar-refractivity contribution in [1.82, 2.24) is 25.5 Å². The van der Waals surface area contributed by atoms with Crippen LogP contribution in [-0.2, 0) is 11.3 Å². The van der Waals surface area contributed by atoms with E-state index in [-0.39, 0.29) is 17.2 Å². The quantitative estimate of drug-likeness (QED) is 0.599. The maximum Gasteiger partial charge on any atom is 0.290 e. The molecule has 4 rings (SSSR count). The van der Waals surface area contributed by atoms with E-state index in [1.165, 1.54) is 20.9 Å². The summed E-state index contributed by atoms with van der Waals surface area (Å²) >= 11 is 1.32. The molecule has 1 aliphatic rings. The van der Waals surface area contributed by atoms with Crippen LogP contribution in [0.15, 0.2) is 46.6 Å². The second kappa shape index (κ2) is 8.68. The van der Waals surface area contributed by atoms with Crippen molar-refractivity contribution in [2.45, 2.75) is 32.4 Å². The van der Waals surface area contributed by atoms with Crippen molar-refractivity contribution in [3.05, 3.63) is 62.7 Å². The molecule has 0 saturated carbocycles. The molecular formula is C21H21N5O4S. The summed E-state index contributed by atoms with van der Waals surface area (Å²) in [7, 11) is 0. The molecule has 31 heavy (non-hydrogen) atoms. The first-order valence-corrected chi connectivity index (χ1v) is 10.8. The van der Waals surface area contributed by atoms with E-state index >= 15 is 0 Å². The van der Waals surface area contributed by atoms with Crippen LogP contribution in [-0.4, -0.2) is 45.0 Å². The van der Waals surface area contributed by atoms with Crippen LogP contribution in [0.5, 0.6) is 0 Å². The highest BCUT2D eigenvalue weighted by molar-refractivity contribution is 7.12. The van der Waals surface area contributed by atoms with E-state index in [2.05, 4.69) is 16.0 Å². The summed E-state index contributed by atoms with van der Waals surface area (Å²) in [5.74, 6) is -1.30.